The molecular formula is C29H31N3O3. The number of carbonyl (C=O) groups excluding carboxylic acids is 2. The Labute approximate surface area is 206 Å². The van der Waals surface area contributed by atoms with Crippen LogP contribution in [0.15, 0.2) is 78.9 Å². The molecule has 6 nitrogen and oxygen atoms in total. The summed E-state index contributed by atoms with van der Waals surface area (Å²) in [6.45, 7) is 1.70. The smallest absolute Gasteiger partial charge is 0.306 e. The molecule has 0 spiro atoms. The standard InChI is InChI=1S/C29H31N3O3/c30-28(31)25-10-6-23(7-11-25)24-8-12-26(13-9-24)29(34)32-17-14-22(15-18-32)20-27(33)35-19-16-21-4-2-1-3-5-21/h1-13,22H,14-20H2,(H3,30,31). The second kappa shape index (κ2) is 11.5. The molecule has 0 radical (unpaired) electrons. The Kier molecular flexibility index (Phi) is 7.93. The average molecular weight is 470 g/mol. The lowest BCUT2D eigenvalue weighted by Crippen LogP contribution is -2.39. The number of nitrogens with two attached hydrogens (primary N) is 1. The summed E-state index contributed by atoms with van der Waals surface area (Å²) in [7, 11) is 0. The summed E-state index contributed by atoms with van der Waals surface area (Å²) in [5, 5.41) is 7.50. The van der Waals surface area contributed by atoms with Crippen molar-refractivity contribution in [1.29, 1.82) is 5.41 Å². The lowest BCUT2D eigenvalue weighted by molar-refractivity contribution is -0.145. The number of ether oxygens (including phenoxy) is 1. The van der Waals surface area contributed by atoms with Gasteiger partial charge >= 0.3 is 5.97 Å². The molecule has 3 aromatic rings. The van der Waals surface area contributed by atoms with Crippen LogP contribution in [0.3, 0.4) is 0 Å². The van der Waals surface area contributed by atoms with Gasteiger partial charge in [-0.05, 0) is 47.6 Å². The molecule has 35 heavy (non-hydrogen) atoms. The summed E-state index contributed by atoms with van der Waals surface area (Å²) in [4.78, 5) is 27.1. The van der Waals surface area contributed by atoms with Crippen molar-refractivity contribution < 1.29 is 14.3 Å². The summed E-state index contributed by atoms with van der Waals surface area (Å²) < 4.78 is 5.42. The van der Waals surface area contributed by atoms with Gasteiger partial charge in [0.1, 0.15) is 5.84 Å². The van der Waals surface area contributed by atoms with Crippen LogP contribution in [0.1, 0.15) is 40.7 Å². The Morgan fingerprint density at radius 1 is 0.857 bits per heavy atom. The second-order valence-corrected chi connectivity index (χ2v) is 8.96. The first-order valence-electron chi connectivity index (χ1n) is 12.0. The molecular weight excluding hydrogens is 438 g/mol. The third kappa shape index (κ3) is 6.57. The largest absolute Gasteiger partial charge is 0.465 e. The first-order valence-corrected chi connectivity index (χ1v) is 12.0. The molecule has 0 saturated carbocycles. The monoisotopic (exact) mass is 469 g/mol. The van der Waals surface area contributed by atoms with Crippen molar-refractivity contribution in [3.05, 3.63) is 95.6 Å². The van der Waals surface area contributed by atoms with Crippen molar-refractivity contribution in [2.24, 2.45) is 11.7 Å². The fraction of sp³-hybridized carbons (Fsp3) is 0.276. The van der Waals surface area contributed by atoms with Gasteiger partial charge in [-0.25, -0.2) is 0 Å². The van der Waals surface area contributed by atoms with Gasteiger partial charge in [0, 0.05) is 37.1 Å². The summed E-state index contributed by atoms with van der Waals surface area (Å²) >= 11 is 0. The molecule has 1 amide bonds. The molecule has 0 atom stereocenters. The third-order valence-electron chi connectivity index (χ3n) is 6.51. The van der Waals surface area contributed by atoms with Gasteiger partial charge in [-0.15, -0.1) is 0 Å². The predicted molar refractivity (Wildman–Crippen MR) is 137 cm³/mol. The molecule has 3 aromatic carbocycles. The SMILES string of the molecule is N=C(N)c1ccc(-c2ccc(C(=O)N3CCC(CC(=O)OCCc4ccccc4)CC3)cc2)cc1. The molecule has 3 N–H and O–H groups in total. The van der Waals surface area contributed by atoms with Crippen LogP contribution in [0.4, 0.5) is 0 Å². The first kappa shape index (κ1) is 24.2. The van der Waals surface area contributed by atoms with Gasteiger partial charge in [0.2, 0.25) is 0 Å². The van der Waals surface area contributed by atoms with E-state index in [-0.39, 0.29) is 23.6 Å². The molecule has 1 saturated heterocycles. The number of amides is 1. The molecule has 6 heteroatoms. The Hall–Kier alpha value is -3.93. The number of benzene rings is 3. The number of hydrogen-bond donors (Lipinski definition) is 2. The summed E-state index contributed by atoms with van der Waals surface area (Å²) in [6.07, 6.45) is 2.75. The predicted octanol–water partition coefficient (Wildman–Crippen LogP) is 4.67. The highest BCUT2D eigenvalue weighted by molar-refractivity contribution is 5.96. The van der Waals surface area contributed by atoms with Crippen LogP contribution in [0, 0.1) is 11.3 Å². The third-order valence-corrected chi connectivity index (χ3v) is 6.51. The molecule has 0 aromatic heterocycles. The number of nitrogen functional groups attached to an aromatic ring is 1. The van der Waals surface area contributed by atoms with E-state index in [0.29, 0.717) is 37.2 Å². The number of nitrogens with zero attached hydrogens (tertiary/aromatic N) is 1. The van der Waals surface area contributed by atoms with Crippen LogP contribution in [0.5, 0.6) is 0 Å². The maximum atomic E-state index is 13.0. The molecule has 0 aliphatic carbocycles. The zero-order chi connectivity index (χ0) is 24.6. The first-order chi connectivity index (χ1) is 17.0. The normalized spacial score (nSPS) is 13.9. The highest BCUT2D eigenvalue weighted by Gasteiger charge is 2.25. The van der Waals surface area contributed by atoms with Crippen LogP contribution >= 0.6 is 0 Å². The zero-order valence-electron chi connectivity index (χ0n) is 19.8. The summed E-state index contributed by atoms with van der Waals surface area (Å²) in [5.41, 5.74) is 10.0. The topological polar surface area (TPSA) is 96.5 Å². The second-order valence-electron chi connectivity index (χ2n) is 8.96. The minimum absolute atomic E-state index is 0.0207. The molecule has 1 heterocycles. The number of nitrogens with one attached hydrogen (secondary N) is 1. The molecule has 1 aliphatic heterocycles. The number of amidine groups is 1. The van der Waals surface area contributed by atoms with Crippen molar-refractivity contribution in [3.8, 4) is 11.1 Å². The Morgan fingerprint density at radius 3 is 2.00 bits per heavy atom. The van der Waals surface area contributed by atoms with Crippen LogP contribution in [0.25, 0.3) is 11.1 Å². The quantitative estimate of drug-likeness (QED) is 0.285. The zero-order valence-corrected chi connectivity index (χ0v) is 19.8. The van der Waals surface area contributed by atoms with E-state index in [2.05, 4.69) is 0 Å². The van der Waals surface area contributed by atoms with E-state index in [1.165, 1.54) is 0 Å². The van der Waals surface area contributed by atoms with Crippen molar-refractivity contribution in [3.63, 3.8) is 0 Å². The van der Waals surface area contributed by atoms with E-state index in [9.17, 15) is 9.59 Å². The van der Waals surface area contributed by atoms with Crippen LogP contribution < -0.4 is 5.73 Å². The van der Waals surface area contributed by atoms with Gasteiger partial charge in [-0.3, -0.25) is 15.0 Å². The van der Waals surface area contributed by atoms with Gasteiger partial charge < -0.3 is 15.4 Å². The van der Waals surface area contributed by atoms with Gasteiger partial charge in [0.05, 0.1) is 6.61 Å². The molecule has 1 fully saturated rings. The van der Waals surface area contributed by atoms with Crippen molar-refractivity contribution in [2.75, 3.05) is 19.7 Å². The lowest BCUT2D eigenvalue weighted by atomic mass is 9.93. The Bertz CT molecular complexity index is 1150. The highest BCUT2D eigenvalue weighted by Crippen LogP contribution is 2.24. The van der Waals surface area contributed by atoms with Crippen LogP contribution in [0.2, 0.25) is 0 Å². The van der Waals surface area contributed by atoms with E-state index >= 15 is 0 Å². The number of piperidine rings is 1. The van der Waals surface area contributed by atoms with Gasteiger partial charge in [0.25, 0.3) is 5.91 Å². The molecule has 1 aliphatic rings. The molecule has 4 rings (SSSR count). The van der Waals surface area contributed by atoms with E-state index in [1.54, 1.807) is 0 Å². The minimum atomic E-state index is -0.155. The number of likely N-dealkylation sites (tertiary alicyclic amines) is 1. The van der Waals surface area contributed by atoms with Crippen molar-refractivity contribution in [2.45, 2.75) is 25.7 Å². The minimum Gasteiger partial charge on any atom is -0.465 e. The summed E-state index contributed by atoms with van der Waals surface area (Å²) in [5.74, 6) is 0.162. The fourth-order valence-corrected chi connectivity index (χ4v) is 4.39. The van der Waals surface area contributed by atoms with E-state index in [4.69, 9.17) is 15.9 Å². The van der Waals surface area contributed by atoms with E-state index in [1.807, 2.05) is 83.8 Å². The maximum absolute atomic E-state index is 13.0. The van der Waals surface area contributed by atoms with Gasteiger partial charge in [0.15, 0.2) is 0 Å². The van der Waals surface area contributed by atoms with Crippen LogP contribution in [-0.4, -0.2) is 42.3 Å². The lowest BCUT2D eigenvalue weighted by Gasteiger charge is -2.31. The molecule has 0 unspecified atom stereocenters. The highest BCUT2D eigenvalue weighted by atomic mass is 16.5. The average Bonchev–Trinajstić information content (AvgIpc) is 2.89. The summed E-state index contributed by atoms with van der Waals surface area (Å²) in [6, 6.07) is 25.1. The number of carbonyl (C=O) groups is 2. The fourth-order valence-electron chi connectivity index (χ4n) is 4.39. The number of rotatable bonds is 8. The van der Waals surface area contributed by atoms with Crippen LogP contribution in [-0.2, 0) is 16.0 Å². The molecule has 0 bridgehead atoms. The van der Waals surface area contributed by atoms with Gasteiger partial charge in [-0.1, -0.05) is 66.7 Å². The van der Waals surface area contributed by atoms with Crippen molar-refractivity contribution >= 4 is 17.7 Å². The van der Waals surface area contributed by atoms with E-state index < -0.39 is 0 Å². The Balaban J connectivity index is 1.22. The van der Waals surface area contributed by atoms with Crippen molar-refractivity contribution in [1.82, 2.24) is 4.90 Å². The number of esters is 1. The van der Waals surface area contributed by atoms with Gasteiger partial charge in [-0.2, -0.15) is 0 Å². The maximum Gasteiger partial charge on any atom is 0.306 e. The number of hydrogen-bond acceptors (Lipinski definition) is 4. The Morgan fingerprint density at radius 2 is 1.43 bits per heavy atom. The molecule has 180 valence electrons. The van der Waals surface area contributed by atoms with E-state index in [0.717, 1.165) is 36.0 Å².